The molecule has 8 heteroatoms. The Hall–Kier alpha value is -2.77. The van der Waals surface area contributed by atoms with Crippen molar-refractivity contribution in [2.75, 3.05) is 25.1 Å². The van der Waals surface area contributed by atoms with Crippen molar-refractivity contribution in [1.29, 1.82) is 0 Å². The molecular weight excluding hydrogens is 302 g/mol. The molecule has 124 valence electrons. The van der Waals surface area contributed by atoms with Crippen LogP contribution < -0.4 is 20.3 Å². The first-order valence-electron chi connectivity index (χ1n) is 7.25. The van der Waals surface area contributed by atoms with E-state index in [0.717, 1.165) is 0 Å². The van der Waals surface area contributed by atoms with Crippen LogP contribution in [0.5, 0.6) is 5.75 Å². The van der Waals surface area contributed by atoms with E-state index < -0.39 is 17.9 Å². The molecule has 3 amide bonds. The topological polar surface area (TPSA) is 108 Å². The monoisotopic (exact) mass is 321 g/mol. The van der Waals surface area contributed by atoms with Gasteiger partial charge in [-0.1, -0.05) is 6.92 Å². The van der Waals surface area contributed by atoms with Crippen LogP contribution in [0.15, 0.2) is 18.2 Å². The quantitative estimate of drug-likeness (QED) is 0.719. The molecule has 0 aromatic heterocycles. The molecule has 1 atom stereocenters. The molecule has 0 aliphatic carbocycles. The normalized spacial score (nSPS) is 15.0. The average Bonchev–Trinajstić information content (AvgIpc) is 2.97. The van der Waals surface area contributed by atoms with Crippen LogP contribution in [0.25, 0.3) is 0 Å². The smallest absolute Gasteiger partial charge is 0.326 e. The molecule has 0 spiro atoms. The third kappa shape index (κ3) is 3.53. The third-order valence-corrected chi connectivity index (χ3v) is 3.60. The number of amides is 3. The van der Waals surface area contributed by atoms with Gasteiger partial charge in [-0.3, -0.25) is 9.69 Å². The predicted octanol–water partition coefficient (Wildman–Crippen LogP) is 0.818. The second-order valence-electron chi connectivity index (χ2n) is 5.04. The zero-order valence-electron chi connectivity index (χ0n) is 13.0. The Bertz CT molecular complexity index is 632. The van der Waals surface area contributed by atoms with E-state index in [2.05, 4.69) is 10.6 Å². The Labute approximate surface area is 133 Å². The van der Waals surface area contributed by atoms with E-state index in [4.69, 9.17) is 9.84 Å². The minimum atomic E-state index is -1.09. The van der Waals surface area contributed by atoms with Crippen LogP contribution in [0.1, 0.15) is 23.7 Å². The molecule has 1 aromatic rings. The number of urea groups is 1. The summed E-state index contributed by atoms with van der Waals surface area (Å²) in [6, 6.07) is 3.41. The largest absolute Gasteiger partial charge is 0.495 e. The number of carboxylic acids is 1. The highest BCUT2D eigenvalue weighted by Gasteiger charge is 2.26. The van der Waals surface area contributed by atoms with E-state index in [1.807, 2.05) is 0 Å². The van der Waals surface area contributed by atoms with Crippen molar-refractivity contribution >= 4 is 23.6 Å². The van der Waals surface area contributed by atoms with E-state index in [9.17, 15) is 14.4 Å². The summed E-state index contributed by atoms with van der Waals surface area (Å²) in [4.78, 5) is 36.5. The van der Waals surface area contributed by atoms with Crippen molar-refractivity contribution in [2.24, 2.45) is 0 Å². The maximum absolute atomic E-state index is 12.2. The summed E-state index contributed by atoms with van der Waals surface area (Å²) in [5, 5.41) is 14.1. The second-order valence-corrected chi connectivity index (χ2v) is 5.04. The number of nitrogens with one attached hydrogen (secondary N) is 2. The minimum Gasteiger partial charge on any atom is -0.495 e. The summed E-state index contributed by atoms with van der Waals surface area (Å²) >= 11 is 0. The molecule has 1 aliphatic heterocycles. The Balaban J connectivity index is 2.28. The fourth-order valence-electron chi connectivity index (χ4n) is 2.32. The summed E-state index contributed by atoms with van der Waals surface area (Å²) in [5.74, 6) is -1.14. The number of carbonyl (C=O) groups excluding carboxylic acids is 2. The van der Waals surface area contributed by atoms with Gasteiger partial charge in [-0.2, -0.15) is 0 Å². The molecule has 1 aliphatic rings. The lowest BCUT2D eigenvalue weighted by Gasteiger charge is -2.19. The highest BCUT2D eigenvalue weighted by atomic mass is 16.5. The number of nitrogens with zero attached hydrogens (tertiary/aromatic N) is 1. The summed E-state index contributed by atoms with van der Waals surface area (Å²) in [6.07, 6.45) is 0.276. The first-order valence-corrected chi connectivity index (χ1v) is 7.25. The number of methoxy groups -OCH3 is 1. The second kappa shape index (κ2) is 6.99. The van der Waals surface area contributed by atoms with Gasteiger partial charge in [0.1, 0.15) is 11.8 Å². The summed E-state index contributed by atoms with van der Waals surface area (Å²) in [7, 11) is 1.48. The Morgan fingerprint density at radius 1 is 1.48 bits per heavy atom. The molecule has 3 N–H and O–H groups in total. The highest BCUT2D eigenvalue weighted by Crippen LogP contribution is 2.30. The van der Waals surface area contributed by atoms with Crippen LogP contribution in [0.3, 0.4) is 0 Å². The number of rotatable bonds is 6. The van der Waals surface area contributed by atoms with Gasteiger partial charge in [0.2, 0.25) is 0 Å². The number of hydrogen-bond donors (Lipinski definition) is 3. The van der Waals surface area contributed by atoms with E-state index in [-0.39, 0.29) is 18.0 Å². The number of carboxylic acid groups (broad SMARTS) is 1. The number of ether oxygens (including phenoxy) is 1. The number of hydrogen-bond acceptors (Lipinski definition) is 4. The van der Waals surface area contributed by atoms with E-state index in [0.29, 0.717) is 24.5 Å². The zero-order chi connectivity index (χ0) is 17.0. The van der Waals surface area contributed by atoms with Gasteiger partial charge in [0.25, 0.3) is 5.91 Å². The van der Waals surface area contributed by atoms with Gasteiger partial charge in [0.15, 0.2) is 0 Å². The molecule has 1 fully saturated rings. The number of benzene rings is 1. The third-order valence-electron chi connectivity index (χ3n) is 3.60. The zero-order valence-corrected chi connectivity index (χ0v) is 13.0. The van der Waals surface area contributed by atoms with Gasteiger partial charge in [-0.15, -0.1) is 0 Å². The standard InChI is InChI=1S/C15H19N3O5/c1-3-10(14(20)21)17-13(19)9-4-5-12(23-2)11(8-9)18-7-6-16-15(18)22/h4-5,8,10H,3,6-7H2,1-2H3,(H,16,22)(H,17,19)(H,20,21). The Morgan fingerprint density at radius 2 is 2.22 bits per heavy atom. The fraction of sp³-hybridized carbons (Fsp3) is 0.400. The summed E-state index contributed by atoms with van der Waals surface area (Å²) in [5.41, 5.74) is 0.735. The Morgan fingerprint density at radius 3 is 2.74 bits per heavy atom. The lowest BCUT2D eigenvalue weighted by Crippen LogP contribution is -2.40. The van der Waals surface area contributed by atoms with Crippen molar-refractivity contribution in [1.82, 2.24) is 10.6 Å². The molecule has 2 rings (SSSR count). The van der Waals surface area contributed by atoms with Crippen LogP contribution >= 0.6 is 0 Å². The van der Waals surface area contributed by atoms with Crippen molar-refractivity contribution in [3.63, 3.8) is 0 Å². The summed E-state index contributed by atoms with van der Waals surface area (Å²) in [6.45, 7) is 2.65. The van der Waals surface area contributed by atoms with Gasteiger partial charge >= 0.3 is 12.0 Å². The van der Waals surface area contributed by atoms with Crippen LogP contribution in [-0.2, 0) is 4.79 Å². The van der Waals surface area contributed by atoms with Crippen molar-refractivity contribution < 1.29 is 24.2 Å². The molecule has 23 heavy (non-hydrogen) atoms. The van der Waals surface area contributed by atoms with Crippen molar-refractivity contribution in [3.8, 4) is 5.75 Å². The summed E-state index contributed by atoms with van der Waals surface area (Å²) < 4.78 is 5.23. The molecule has 1 heterocycles. The van der Waals surface area contributed by atoms with Gasteiger partial charge in [-0.05, 0) is 24.6 Å². The van der Waals surface area contributed by atoms with Crippen LogP contribution in [0.4, 0.5) is 10.5 Å². The first kappa shape index (κ1) is 16.6. The van der Waals surface area contributed by atoms with Crippen molar-refractivity contribution in [2.45, 2.75) is 19.4 Å². The molecule has 0 saturated carbocycles. The van der Waals surface area contributed by atoms with Crippen LogP contribution in [0, 0.1) is 0 Å². The molecule has 1 unspecified atom stereocenters. The maximum atomic E-state index is 12.2. The van der Waals surface area contributed by atoms with E-state index >= 15 is 0 Å². The highest BCUT2D eigenvalue weighted by molar-refractivity contribution is 6.00. The molecule has 8 nitrogen and oxygen atoms in total. The molecular formula is C15H19N3O5. The lowest BCUT2D eigenvalue weighted by molar-refractivity contribution is -0.139. The van der Waals surface area contributed by atoms with Crippen molar-refractivity contribution in [3.05, 3.63) is 23.8 Å². The van der Waals surface area contributed by atoms with Gasteiger partial charge in [0.05, 0.1) is 12.8 Å². The lowest BCUT2D eigenvalue weighted by atomic mass is 10.1. The van der Waals surface area contributed by atoms with Crippen LogP contribution in [-0.4, -0.2) is 49.3 Å². The molecule has 1 aromatic carbocycles. The van der Waals surface area contributed by atoms with E-state index in [1.54, 1.807) is 13.0 Å². The first-order chi connectivity index (χ1) is 11.0. The van der Waals surface area contributed by atoms with Gasteiger partial charge < -0.3 is 20.5 Å². The van der Waals surface area contributed by atoms with Gasteiger partial charge in [-0.25, -0.2) is 9.59 Å². The van der Waals surface area contributed by atoms with Crippen LogP contribution in [0.2, 0.25) is 0 Å². The maximum Gasteiger partial charge on any atom is 0.326 e. The number of carbonyl (C=O) groups is 3. The minimum absolute atomic E-state index is 0.264. The number of aliphatic carboxylic acids is 1. The fourth-order valence-corrected chi connectivity index (χ4v) is 2.32. The molecule has 0 bridgehead atoms. The Kier molecular flexibility index (Phi) is 5.05. The molecule has 1 saturated heterocycles. The van der Waals surface area contributed by atoms with Gasteiger partial charge in [0, 0.05) is 18.7 Å². The molecule has 0 radical (unpaired) electrons. The predicted molar refractivity (Wildman–Crippen MR) is 82.9 cm³/mol. The average molecular weight is 321 g/mol. The van der Waals surface area contributed by atoms with E-state index in [1.165, 1.54) is 24.1 Å². The SMILES string of the molecule is CCC(NC(=O)c1ccc(OC)c(N2CCNC2=O)c1)C(=O)O. The number of anilines is 1.